The number of imidazole rings is 2. The molecule has 6 aromatic rings. The Bertz CT molecular complexity index is 2900. The number of aromatic nitrogens is 9. The number of esters is 2. The summed E-state index contributed by atoms with van der Waals surface area (Å²) in [5.74, 6) is -0.690. The number of carbonyl (C=O) groups excluding carboxylic acids is 6. The van der Waals surface area contributed by atoms with Crippen LogP contribution in [0.3, 0.4) is 0 Å². The zero-order valence-corrected chi connectivity index (χ0v) is 41.9. The van der Waals surface area contributed by atoms with Crippen molar-refractivity contribution in [2.24, 2.45) is 11.8 Å². The van der Waals surface area contributed by atoms with Crippen molar-refractivity contribution in [2.45, 2.75) is 104 Å². The van der Waals surface area contributed by atoms with Gasteiger partial charge in [0.15, 0.2) is 0 Å². The first-order valence-corrected chi connectivity index (χ1v) is 24.0. The number of carbonyl (C=O) groups is 6. The molecule has 0 radical (unpaired) electrons. The summed E-state index contributed by atoms with van der Waals surface area (Å²) in [6, 6.07) is 13.0. The number of methoxy groups -OCH3 is 2. The molecule has 2 fully saturated rings. The van der Waals surface area contributed by atoms with Gasteiger partial charge < -0.3 is 49.3 Å². The number of rotatable bonds is 17. The zero-order valence-electron chi connectivity index (χ0n) is 41.9. The Labute approximate surface area is 420 Å². The Morgan fingerprint density at radius 3 is 1.53 bits per heavy atom. The summed E-state index contributed by atoms with van der Waals surface area (Å²) in [5, 5.41) is 17.1. The van der Waals surface area contributed by atoms with Crippen LogP contribution in [0.15, 0.2) is 73.3 Å². The first kappa shape index (κ1) is 51.1. The van der Waals surface area contributed by atoms with Crippen LogP contribution in [0.1, 0.15) is 102 Å². The molecule has 23 nitrogen and oxygen atoms in total. The number of ether oxygens (including phenoxy) is 4. The van der Waals surface area contributed by atoms with Crippen LogP contribution in [0.5, 0.6) is 0 Å². The summed E-state index contributed by atoms with van der Waals surface area (Å²) in [7, 11) is 2.51. The van der Waals surface area contributed by atoms with Crippen molar-refractivity contribution in [1.29, 1.82) is 0 Å². The average molecular weight is 1000 g/mol. The van der Waals surface area contributed by atoms with Gasteiger partial charge in [0.25, 0.3) is 0 Å². The molecule has 2 saturated heterocycles. The number of amides is 4. The number of nitrogens with zero attached hydrogens (tertiary/aromatic N) is 8. The first-order valence-electron chi connectivity index (χ1n) is 24.0. The number of aromatic amines is 3. The number of hydrogen-bond acceptors (Lipinski definition) is 14. The molecule has 0 spiro atoms. The third kappa shape index (κ3) is 11.6. The van der Waals surface area contributed by atoms with Crippen LogP contribution in [0.25, 0.3) is 33.6 Å². The van der Waals surface area contributed by atoms with Crippen LogP contribution < -0.4 is 10.6 Å². The van der Waals surface area contributed by atoms with Gasteiger partial charge in [-0.3, -0.25) is 29.0 Å². The predicted molar refractivity (Wildman–Crippen MR) is 261 cm³/mol. The molecule has 2 aliphatic rings. The minimum Gasteiger partial charge on any atom is -0.459 e. The highest BCUT2D eigenvalue weighted by atomic mass is 16.5. The van der Waals surface area contributed by atoms with Crippen molar-refractivity contribution >= 4 is 35.9 Å². The fraction of sp³-hybridized carbons (Fsp3) is 0.440. The van der Waals surface area contributed by atoms with E-state index < -0.39 is 42.3 Å². The van der Waals surface area contributed by atoms with Crippen LogP contribution in [-0.4, -0.2) is 130 Å². The highest BCUT2D eigenvalue weighted by Crippen LogP contribution is 2.40. The molecular weight excluding hydrogens is 943 g/mol. The van der Waals surface area contributed by atoms with Crippen LogP contribution in [0.2, 0.25) is 0 Å². The van der Waals surface area contributed by atoms with Crippen molar-refractivity contribution in [3.05, 3.63) is 96.4 Å². The van der Waals surface area contributed by atoms with Crippen molar-refractivity contribution in [1.82, 2.24) is 65.1 Å². The van der Waals surface area contributed by atoms with E-state index in [0.717, 1.165) is 39.3 Å². The molecule has 386 valence electrons. The number of alkyl carbamates (subject to hydrolysis) is 2. The lowest BCUT2D eigenvalue weighted by molar-refractivity contribution is -0.143. The first-order chi connectivity index (χ1) is 35.0. The summed E-state index contributed by atoms with van der Waals surface area (Å²) < 4.78 is 23.4. The molecule has 5 N–H and O–H groups in total. The number of benzene rings is 2. The second kappa shape index (κ2) is 22.0. The molecule has 6 unspecified atom stereocenters. The van der Waals surface area contributed by atoms with Crippen LogP contribution >= 0.6 is 0 Å². The molecule has 0 bridgehead atoms. The number of H-pyrrole nitrogens is 3. The molecule has 23 heteroatoms. The van der Waals surface area contributed by atoms with Gasteiger partial charge in [-0.15, -0.1) is 5.10 Å². The minimum atomic E-state index is -0.865. The van der Waals surface area contributed by atoms with Gasteiger partial charge in [0.05, 0.1) is 74.1 Å². The maximum Gasteiger partial charge on any atom is 0.407 e. The van der Waals surface area contributed by atoms with Crippen molar-refractivity contribution in [2.75, 3.05) is 27.3 Å². The number of likely N-dealkylation sites (tertiary alicyclic amines) is 2. The van der Waals surface area contributed by atoms with Gasteiger partial charge in [0.2, 0.25) is 11.8 Å². The van der Waals surface area contributed by atoms with Gasteiger partial charge in [0, 0.05) is 33.1 Å². The molecule has 6 atom stereocenters. The topological polar surface area (TPSA) is 279 Å². The Kier molecular flexibility index (Phi) is 15.4. The van der Waals surface area contributed by atoms with Gasteiger partial charge >= 0.3 is 24.1 Å². The Hall–Kier alpha value is -8.24. The van der Waals surface area contributed by atoms with E-state index in [1.54, 1.807) is 33.1 Å². The van der Waals surface area contributed by atoms with Crippen LogP contribution in [0.4, 0.5) is 9.59 Å². The van der Waals surface area contributed by atoms with E-state index in [2.05, 4.69) is 36.0 Å². The summed E-state index contributed by atoms with van der Waals surface area (Å²) in [5.41, 5.74) is 6.44. The summed E-state index contributed by atoms with van der Waals surface area (Å²) >= 11 is 0. The predicted octanol–water partition coefficient (Wildman–Crippen LogP) is 5.77. The van der Waals surface area contributed by atoms with Crippen molar-refractivity contribution < 1.29 is 47.7 Å². The smallest absolute Gasteiger partial charge is 0.407 e. The summed E-state index contributed by atoms with van der Waals surface area (Å²) in [4.78, 5) is 95.7. The maximum atomic E-state index is 14.2. The molecule has 0 aliphatic carbocycles. The maximum absolute atomic E-state index is 14.2. The van der Waals surface area contributed by atoms with E-state index in [9.17, 15) is 28.8 Å². The Morgan fingerprint density at radius 1 is 0.644 bits per heavy atom. The van der Waals surface area contributed by atoms with E-state index in [1.165, 1.54) is 28.1 Å². The lowest BCUT2D eigenvalue weighted by Crippen LogP contribution is -2.51. The van der Waals surface area contributed by atoms with E-state index in [0.29, 0.717) is 36.7 Å². The van der Waals surface area contributed by atoms with Crippen molar-refractivity contribution in [3.8, 4) is 33.6 Å². The Morgan fingerprint density at radius 2 is 1.08 bits per heavy atom. The summed E-state index contributed by atoms with van der Waals surface area (Å²) in [6.07, 6.45) is 6.61. The molecule has 4 aromatic heterocycles. The normalized spacial score (nSPS) is 18.4. The quantitative estimate of drug-likeness (QED) is 0.0536. The average Bonchev–Trinajstić information content (AvgIpc) is 4.23. The van der Waals surface area contributed by atoms with Gasteiger partial charge in [-0.25, -0.2) is 24.2 Å². The van der Waals surface area contributed by atoms with E-state index >= 15 is 0 Å². The highest BCUT2D eigenvalue weighted by molar-refractivity contribution is 5.87. The van der Waals surface area contributed by atoms with Crippen molar-refractivity contribution in [3.63, 3.8) is 0 Å². The number of hydrogen-bond donors (Lipinski definition) is 5. The molecular formula is C50H61N13O10. The van der Waals surface area contributed by atoms with Crippen LogP contribution in [0, 0.1) is 11.8 Å². The second-order valence-electron chi connectivity index (χ2n) is 18.9. The lowest BCUT2D eigenvalue weighted by Gasteiger charge is -2.30. The summed E-state index contributed by atoms with van der Waals surface area (Å²) in [6.45, 7) is 10.8. The third-order valence-electron chi connectivity index (χ3n) is 13.2. The van der Waals surface area contributed by atoms with Gasteiger partial charge in [-0.05, 0) is 46.9 Å². The molecule has 2 aromatic carbocycles. The van der Waals surface area contributed by atoms with E-state index in [-0.39, 0.29) is 61.5 Å². The molecule has 4 amide bonds. The molecule has 2 aliphatic heterocycles. The fourth-order valence-electron chi connectivity index (χ4n) is 9.28. The largest absolute Gasteiger partial charge is 0.459 e. The van der Waals surface area contributed by atoms with Crippen LogP contribution in [-0.2, 0) is 51.3 Å². The second-order valence-corrected chi connectivity index (χ2v) is 18.9. The standard InChI is InChI=1S/C50H61N13O10/c1-27(2)43(55-49(68)70-7)47(66)60-23-37(62-22-36(58-62)26-73-30(6)65)17-41(60)45-51-19-39(53-45)33-13-9-31(10-14-33)32-11-15-34(16-12-32)40-20-52-46(54-40)42-18-38(63-21-35(57-59-63)25-72-29(5)64)24-61(42)48(67)44(28(3)4)56-50(69)71-8/h9-16,19-22,27-28,37-38,41-44,58H,17-18,23-26H2,1-8H3,(H,51,53)(H,52,54)(H,55,68)(H,56,69). The highest BCUT2D eigenvalue weighted by Gasteiger charge is 2.44. The van der Waals surface area contributed by atoms with Gasteiger partial charge in [0.1, 0.15) is 42.6 Å². The SMILES string of the molecule is COC(=O)NC(C(=O)N1CC(n2cc(COC(C)=O)nn2)CC1c1ncc(-c2ccc(-c3ccc(-c4cnc(C5CC(n6cc(COC(C)=O)[nH]6)CN5C(=O)C(NC(=O)OC)C(C)C)[nH]4)cc3)cc2)[nH]1)C(C)C. The van der Waals surface area contributed by atoms with Gasteiger partial charge in [-0.1, -0.05) is 81.4 Å². The monoisotopic (exact) mass is 1000 g/mol. The van der Waals surface area contributed by atoms with E-state index in [4.69, 9.17) is 28.9 Å². The van der Waals surface area contributed by atoms with E-state index in [1.807, 2.05) is 87.1 Å². The lowest BCUT2D eigenvalue weighted by atomic mass is 10.0. The molecule has 73 heavy (non-hydrogen) atoms. The molecule has 0 saturated carbocycles. The fourth-order valence-corrected chi connectivity index (χ4v) is 9.28. The molecule has 8 rings (SSSR count). The molecule has 6 heterocycles. The van der Waals surface area contributed by atoms with Gasteiger partial charge in [-0.2, -0.15) is 0 Å². The third-order valence-corrected chi connectivity index (χ3v) is 13.2. The minimum absolute atomic E-state index is 0.0300. The Balaban J connectivity index is 0.973. The zero-order chi connectivity index (χ0) is 52.1. The number of nitrogens with one attached hydrogen (secondary N) is 5.